The van der Waals surface area contributed by atoms with Gasteiger partial charge in [-0.25, -0.2) is 14.2 Å². The first-order valence-corrected chi connectivity index (χ1v) is 9.80. The van der Waals surface area contributed by atoms with Gasteiger partial charge in [-0.3, -0.25) is 4.79 Å². The molecule has 1 aliphatic heterocycles. The van der Waals surface area contributed by atoms with Crippen molar-refractivity contribution in [1.82, 2.24) is 19.5 Å². The van der Waals surface area contributed by atoms with Crippen molar-refractivity contribution in [2.75, 3.05) is 13.7 Å². The standard InChI is InChI=1S/C23H22N4O2.BrH/c1-15-21(16-10-12-18(29-2)13-11-16)25-22-20(19-9-6-14-24-19)23(28)27(26(15)22)17-7-4-3-5-8-17;/h3-5,7-8,10-13,24H,6,9,14H2,1-2H3;1H/p-1/b20-19-;. The lowest BCUT2D eigenvalue weighted by Crippen LogP contribution is -3.00. The van der Waals surface area contributed by atoms with Crippen molar-refractivity contribution in [3.8, 4) is 22.7 Å². The number of aromatic nitrogens is 3. The molecule has 0 amide bonds. The second-order valence-electron chi connectivity index (χ2n) is 7.25. The van der Waals surface area contributed by atoms with E-state index in [0.29, 0.717) is 10.9 Å². The van der Waals surface area contributed by atoms with Gasteiger partial charge in [0.25, 0.3) is 5.56 Å². The average molecular weight is 466 g/mol. The molecule has 5 rings (SSSR count). The van der Waals surface area contributed by atoms with Crippen molar-refractivity contribution in [2.24, 2.45) is 0 Å². The predicted octanol–water partition coefficient (Wildman–Crippen LogP) is -0.316. The molecule has 0 radical (unpaired) electrons. The van der Waals surface area contributed by atoms with E-state index in [0.717, 1.165) is 53.5 Å². The first-order valence-electron chi connectivity index (χ1n) is 9.80. The Kier molecular flexibility index (Phi) is 5.39. The van der Waals surface area contributed by atoms with Crippen LogP contribution in [0.4, 0.5) is 0 Å². The maximum atomic E-state index is 13.4. The van der Waals surface area contributed by atoms with Crippen LogP contribution in [0.3, 0.4) is 0 Å². The summed E-state index contributed by atoms with van der Waals surface area (Å²) in [5, 5.41) is 4.06. The topological polar surface area (TPSA) is 60.6 Å². The van der Waals surface area contributed by atoms with E-state index < -0.39 is 0 Å². The Bertz CT molecular complexity index is 1300. The minimum atomic E-state index is -0.0347. The van der Waals surface area contributed by atoms with Crippen LogP contribution < -0.4 is 37.8 Å². The van der Waals surface area contributed by atoms with Gasteiger partial charge in [-0.15, -0.1) is 0 Å². The number of hydrogen-bond donors (Lipinski definition) is 1. The lowest BCUT2D eigenvalue weighted by Gasteiger charge is -2.06. The van der Waals surface area contributed by atoms with Crippen molar-refractivity contribution in [1.29, 1.82) is 0 Å². The molecular formula is C23H22BrN4O2-. The second-order valence-corrected chi connectivity index (χ2v) is 7.25. The van der Waals surface area contributed by atoms with Gasteiger partial charge in [0.1, 0.15) is 11.0 Å². The van der Waals surface area contributed by atoms with Crippen molar-refractivity contribution in [3.63, 3.8) is 0 Å². The number of nitrogens with one attached hydrogen (secondary N) is 1. The lowest BCUT2D eigenvalue weighted by atomic mass is 10.1. The van der Waals surface area contributed by atoms with Gasteiger partial charge in [-0.1, -0.05) is 18.2 Å². The van der Waals surface area contributed by atoms with Crippen LogP contribution in [0.25, 0.3) is 28.3 Å². The number of halogens is 1. The maximum Gasteiger partial charge on any atom is 0.283 e. The molecule has 0 bridgehead atoms. The third-order valence-electron chi connectivity index (χ3n) is 5.52. The molecule has 30 heavy (non-hydrogen) atoms. The molecular weight excluding hydrogens is 444 g/mol. The fourth-order valence-corrected chi connectivity index (χ4v) is 4.09. The zero-order chi connectivity index (χ0) is 20.0. The second kappa shape index (κ2) is 7.99. The van der Waals surface area contributed by atoms with Gasteiger partial charge in [0.15, 0.2) is 5.65 Å². The number of methoxy groups -OCH3 is 1. The summed E-state index contributed by atoms with van der Waals surface area (Å²) in [5.41, 5.74) is 5.27. The first kappa shape index (κ1) is 20.2. The van der Waals surface area contributed by atoms with E-state index in [9.17, 15) is 4.79 Å². The Balaban J connectivity index is 0.00000218. The Hall–Kier alpha value is -3.06. The molecule has 0 aliphatic carbocycles. The Labute approximate surface area is 184 Å². The van der Waals surface area contributed by atoms with Gasteiger partial charge in [0.05, 0.1) is 24.2 Å². The molecule has 154 valence electrons. The predicted molar refractivity (Wildman–Crippen MR) is 113 cm³/mol. The van der Waals surface area contributed by atoms with Crippen molar-refractivity contribution in [3.05, 3.63) is 75.9 Å². The normalized spacial score (nSPS) is 15.1. The average Bonchev–Trinajstić information content (AvgIpc) is 3.45. The highest BCUT2D eigenvalue weighted by Crippen LogP contribution is 2.26. The summed E-state index contributed by atoms with van der Waals surface area (Å²) < 4.78 is 8.95. The summed E-state index contributed by atoms with van der Waals surface area (Å²) in [6.45, 7) is 2.90. The zero-order valence-corrected chi connectivity index (χ0v) is 18.4. The number of nitrogens with zero attached hydrogens (tertiary/aromatic N) is 3. The summed E-state index contributed by atoms with van der Waals surface area (Å²) in [6, 6.07) is 17.6. The highest BCUT2D eigenvalue weighted by atomic mass is 79.9. The number of ether oxygens (including phenoxy) is 1. The van der Waals surface area contributed by atoms with Crippen LogP contribution >= 0.6 is 0 Å². The first-order chi connectivity index (χ1) is 14.2. The minimum absolute atomic E-state index is 0. The number of para-hydroxylation sites is 1. The number of fused-ring (bicyclic) bond motifs is 1. The van der Waals surface area contributed by atoms with E-state index >= 15 is 0 Å². The van der Waals surface area contributed by atoms with Crippen LogP contribution in [0.2, 0.25) is 0 Å². The molecule has 0 spiro atoms. The van der Waals surface area contributed by atoms with Crippen molar-refractivity contribution < 1.29 is 21.7 Å². The molecule has 1 fully saturated rings. The molecule has 7 heteroatoms. The van der Waals surface area contributed by atoms with Gasteiger partial charge in [0.2, 0.25) is 0 Å². The molecule has 1 saturated heterocycles. The Morgan fingerprint density at radius 1 is 1.07 bits per heavy atom. The summed E-state index contributed by atoms with van der Waals surface area (Å²) in [6.07, 6.45) is 1.90. The maximum absolute atomic E-state index is 13.4. The van der Waals surface area contributed by atoms with Gasteiger partial charge in [0, 0.05) is 17.8 Å². The number of hydrogen-bond acceptors (Lipinski definition) is 4. The van der Waals surface area contributed by atoms with Gasteiger partial charge in [-0.05, 0) is 56.2 Å². The summed E-state index contributed by atoms with van der Waals surface area (Å²) >= 11 is 0. The molecule has 2 aromatic heterocycles. The highest BCUT2D eigenvalue weighted by molar-refractivity contribution is 5.69. The van der Waals surface area contributed by atoms with Crippen molar-refractivity contribution >= 4 is 11.3 Å². The molecule has 4 aromatic rings. The molecule has 6 nitrogen and oxygen atoms in total. The number of imidazole rings is 1. The van der Waals surface area contributed by atoms with E-state index in [-0.39, 0.29) is 22.5 Å². The quantitative estimate of drug-likeness (QED) is 0.450. The largest absolute Gasteiger partial charge is 1.00 e. The van der Waals surface area contributed by atoms with Crippen LogP contribution in [-0.4, -0.2) is 27.8 Å². The van der Waals surface area contributed by atoms with E-state index in [1.165, 1.54) is 0 Å². The monoisotopic (exact) mass is 465 g/mol. The van der Waals surface area contributed by atoms with Crippen LogP contribution in [0.15, 0.2) is 59.4 Å². The van der Waals surface area contributed by atoms with E-state index in [1.54, 1.807) is 11.8 Å². The van der Waals surface area contributed by atoms with E-state index in [2.05, 4.69) is 5.32 Å². The molecule has 0 atom stereocenters. The number of aryl methyl sites for hydroxylation is 1. The Morgan fingerprint density at radius 3 is 2.43 bits per heavy atom. The van der Waals surface area contributed by atoms with Gasteiger partial charge in [-0.2, -0.15) is 0 Å². The van der Waals surface area contributed by atoms with Crippen LogP contribution in [-0.2, 0) is 0 Å². The lowest BCUT2D eigenvalue weighted by molar-refractivity contribution is -0.00000636. The molecule has 0 saturated carbocycles. The molecule has 1 N–H and O–H groups in total. The summed E-state index contributed by atoms with van der Waals surface area (Å²) in [5.74, 6) is 0.803. The molecule has 2 aromatic carbocycles. The molecule has 3 heterocycles. The van der Waals surface area contributed by atoms with Crippen LogP contribution in [0.1, 0.15) is 18.5 Å². The smallest absolute Gasteiger partial charge is 0.283 e. The fraction of sp³-hybridized carbons (Fsp3) is 0.217. The molecule has 1 aliphatic rings. The SMILES string of the molecule is COc1ccc(-c2nc3/c(=C4\CCCN4)c(=O)n(-c4ccccc4)n3c2C)cc1.[Br-]. The third kappa shape index (κ3) is 3.10. The number of rotatable bonds is 3. The Morgan fingerprint density at radius 2 is 1.80 bits per heavy atom. The fourth-order valence-electron chi connectivity index (χ4n) is 4.09. The number of benzene rings is 2. The van der Waals surface area contributed by atoms with Crippen LogP contribution in [0, 0.1) is 6.92 Å². The summed E-state index contributed by atoms with van der Waals surface area (Å²) in [4.78, 5) is 18.4. The van der Waals surface area contributed by atoms with Crippen LogP contribution in [0.5, 0.6) is 5.75 Å². The van der Waals surface area contributed by atoms with E-state index in [1.807, 2.05) is 66.0 Å². The third-order valence-corrected chi connectivity index (χ3v) is 5.52. The van der Waals surface area contributed by atoms with Gasteiger partial charge < -0.3 is 27.0 Å². The van der Waals surface area contributed by atoms with Crippen molar-refractivity contribution in [2.45, 2.75) is 19.8 Å². The van der Waals surface area contributed by atoms with Gasteiger partial charge >= 0.3 is 0 Å². The zero-order valence-electron chi connectivity index (χ0n) is 16.9. The highest BCUT2D eigenvalue weighted by Gasteiger charge is 2.22. The summed E-state index contributed by atoms with van der Waals surface area (Å²) in [7, 11) is 1.65. The van der Waals surface area contributed by atoms with E-state index in [4.69, 9.17) is 9.72 Å². The molecule has 0 unspecified atom stereocenters. The minimum Gasteiger partial charge on any atom is -1.00 e.